The van der Waals surface area contributed by atoms with Crippen molar-refractivity contribution in [2.24, 2.45) is 17.8 Å². The quantitative estimate of drug-likeness (QED) is 0.754. The monoisotopic (exact) mass is 417 g/mol. The predicted octanol–water partition coefficient (Wildman–Crippen LogP) is 3.27. The maximum atomic E-state index is 12.1. The van der Waals surface area contributed by atoms with Crippen molar-refractivity contribution in [2.45, 2.75) is 68.6 Å². The van der Waals surface area contributed by atoms with Crippen LogP contribution in [-0.4, -0.2) is 52.2 Å². The van der Waals surface area contributed by atoms with Gasteiger partial charge in [-0.3, -0.25) is 4.48 Å². The first kappa shape index (κ1) is 18.7. The first-order valence-corrected chi connectivity index (χ1v) is 12.1. The fraction of sp³-hybridized carbons (Fsp3) is 0.556. The van der Waals surface area contributed by atoms with Gasteiger partial charge in [0.15, 0.2) is 6.23 Å². The van der Waals surface area contributed by atoms with Crippen molar-refractivity contribution in [2.75, 3.05) is 11.9 Å². The van der Waals surface area contributed by atoms with Crippen LogP contribution in [0.25, 0.3) is 0 Å². The highest BCUT2D eigenvalue weighted by atomic mass is 16.3. The van der Waals surface area contributed by atoms with Crippen molar-refractivity contribution in [3.8, 4) is 0 Å². The molecular formula is C27H33N2O2+. The van der Waals surface area contributed by atoms with Gasteiger partial charge in [-0.1, -0.05) is 55.5 Å². The maximum Gasteiger partial charge on any atom is 0.194 e. The molecule has 2 aromatic rings. The summed E-state index contributed by atoms with van der Waals surface area (Å²) in [7, 11) is 2.23. The number of nitrogens with zero attached hydrogens (tertiary/aromatic N) is 2. The molecule has 0 aromatic heterocycles. The van der Waals surface area contributed by atoms with Crippen molar-refractivity contribution in [1.82, 2.24) is 0 Å². The third-order valence-electron chi connectivity index (χ3n) is 10.4. The lowest BCUT2D eigenvalue weighted by molar-refractivity contribution is -1.05. The van der Waals surface area contributed by atoms with E-state index in [1.165, 1.54) is 16.8 Å². The van der Waals surface area contributed by atoms with Gasteiger partial charge in [0.05, 0.1) is 23.6 Å². The van der Waals surface area contributed by atoms with E-state index in [-0.39, 0.29) is 35.6 Å². The molecule has 10 atom stereocenters. The number of hydrogen-bond acceptors (Lipinski definition) is 3. The summed E-state index contributed by atoms with van der Waals surface area (Å²) in [6.07, 6.45) is 2.47. The SMILES string of the molecule is CC[C@H]1[C@@H]2C[C@@H]3[C@@H]4N(C)c5ccccc5[C@]45C[C@@H]([C@@H]2[C@@H]5O)[N+]3(Cc2ccccc2)[C@@H]1O. The molecule has 1 unspecified atom stereocenters. The van der Waals surface area contributed by atoms with Gasteiger partial charge >= 0.3 is 0 Å². The van der Waals surface area contributed by atoms with Crippen LogP contribution in [0.3, 0.4) is 0 Å². The number of likely N-dealkylation sites (N-methyl/N-ethyl adjacent to an activating group) is 1. The Bertz CT molecular complexity index is 1040. The molecule has 6 aliphatic rings. The molecule has 162 valence electrons. The van der Waals surface area contributed by atoms with Crippen LogP contribution >= 0.6 is 0 Å². The zero-order valence-electron chi connectivity index (χ0n) is 18.4. The molecule has 0 amide bonds. The summed E-state index contributed by atoms with van der Waals surface area (Å²) in [5.41, 5.74) is 3.78. The highest BCUT2D eigenvalue weighted by Crippen LogP contribution is 2.71. The zero-order chi connectivity index (χ0) is 21.1. The Kier molecular flexibility index (Phi) is 3.56. The van der Waals surface area contributed by atoms with E-state index in [0.29, 0.717) is 18.0 Å². The number of hydrogen-bond donors (Lipinski definition) is 2. The van der Waals surface area contributed by atoms with Crippen molar-refractivity contribution in [3.05, 3.63) is 65.7 Å². The minimum atomic E-state index is -0.337. The molecule has 2 N–H and O–H groups in total. The molecule has 5 bridgehead atoms. The van der Waals surface area contributed by atoms with E-state index in [1.807, 2.05) is 0 Å². The summed E-state index contributed by atoms with van der Waals surface area (Å²) >= 11 is 0. The van der Waals surface area contributed by atoms with E-state index in [9.17, 15) is 10.2 Å². The molecule has 31 heavy (non-hydrogen) atoms. The fourth-order valence-electron chi connectivity index (χ4n) is 9.60. The number of aliphatic hydroxyl groups excluding tert-OH is 2. The molecule has 8 rings (SSSR count). The van der Waals surface area contributed by atoms with Gasteiger partial charge in [0.25, 0.3) is 0 Å². The van der Waals surface area contributed by atoms with Crippen LogP contribution in [0.4, 0.5) is 5.69 Å². The van der Waals surface area contributed by atoms with Gasteiger partial charge in [-0.05, 0) is 24.0 Å². The average Bonchev–Trinajstić information content (AvgIpc) is 3.18. The Hall–Kier alpha value is -1.88. The number of quaternary nitrogens is 1. The Balaban J connectivity index is 1.47. The van der Waals surface area contributed by atoms with E-state index in [2.05, 4.69) is 73.5 Å². The molecular weight excluding hydrogens is 384 g/mol. The van der Waals surface area contributed by atoms with Gasteiger partial charge in [0.2, 0.25) is 0 Å². The molecule has 0 radical (unpaired) electrons. The van der Waals surface area contributed by atoms with Crippen LogP contribution in [-0.2, 0) is 12.0 Å². The van der Waals surface area contributed by atoms with Gasteiger partial charge in [-0.15, -0.1) is 0 Å². The van der Waals surface area contributed by atoms with Crippen molar-refractivity contribution >= 4 is 5.69 Å². The lowest BCUT2D eigenvalue weighted by Gasteiger charge is -2.68. The summed E-state index contributed by atoms with van der Waals surface area (Å²) in [6, 6.07) is 20.5. The van der Waals surface area contributed by atoms with Crippen LogP contribution in [0.5, 0.6) is 0 Å². The number of benzene rings is 2. The molecule has 2 aromatic carbocycles. The average molecular weight is 418 g/mol. The topological polar surface area (TPSA) is 43.7 Å². The minimum absolute atomic E-state index is 0.180. The molecule has 1 aliphatic carbocycles. The normalized spacial score (nSPS) is 48.2. The van der Waals surface area contributed by atoms with E-state index < -0.39 is 0 Å². The first-order valence-electron chi connectivity index (χ1n) is 12.1. The molecule has 5 heterocycles. The van der Waals surface area contributed by atoms with Gasteiger partial charge < -0.3 is 15.1 Å². The summed E-state index contributed by atoms with van der Waals surface area (Å²) in [6.45, 7) is 3.11. The lowest BCUT2D eigenvalue weighted by Crippen LogP contribution is -2.82. The van der Waals surface area contributed by atoms with Crippen molar-refractivity contribution in [1.29, 1.82) is 0 Å². The smallest absolute Gasteiger partial charge is 0.194 e. The first-order chi connectivity index (χ1) is 15.1. The molecule has 4 heteroatoms. The molecule has 4 saturated heterocycles. The van der Waals surface area contributed by atoms with Gasteiger partial charge in [-0.2, -0.15) is 0 Å². The summed E-state index contributed by atoms with van der Waals surface area (Å²) < 4.78 is 0.769. The minimum Gasteiger partial charge on any atom is -0.392 e. The number of aliphatic hydroxyl groups is 2. The van der Waals surface area contributed by atoms with E-state index in [4.69, 9.17) is 0 Å². The summed E-state index contributed by atoms with van der Waals surface area (Å²) in [5.74, 6) is 1.01. The van der Waals surface area contributed by atoms with Crippen LogP contribution in [0.15, 0.2) is 54.6 Å². The van der Waals surface area contributed by atoms with Crippen molar-refractivity contribution in [3.63, 3.8) is 0 Å². The second-order valence-corrected chi connectivity index (χ2v) is 11.0. The third kappa shape index (κ3) is 1.88. The highest BCUT2D eigenvalue weighted by Gasteiger charge is 2.82. The van der Waals surface area contributed by atoms with Crippen molar-refractivity contribution < 1.29 is 14.7 Å². The fourth-order valence-corrected chi connectivity index (χ4v) is 9.60. The Morgan fingerprint density at radius 1 is 1.03 bits per heavy atom. The second kappa shape index (κ2) is 5.92. The number of rotatable bonds is 3. The third-order valence-corrected chi connectivity index (χ3v) is 10.4. The van der Waals surface area contributed by atoms with Crippen LogP contribution in [0.1, 0.15) is 37.3 Å². The van der Waals surface area contributed by atoms with E-state index in [0.717, 1.165) is 30.3 Å². The Morgan fingerprint density at radius 3 is 2.55 bits per heavy atom. The number of anilines is 1. The number of fused-ring (bicyclic) bond motifs is 2. The van der Waals surface area contributed by atoms with Gasteiger partial charge in [0.1, 0.15) is 12.6 Å². The van der Waals surface area contributed by atoms with Gasteiger partial charge in [0, 0.05) is 43.0 Å². The largest absolute Gasteiger partial charge is 0.392 e. The Labute approximate surface area is 184 Å². The van der Waals surface area contributed by atoms with E-state index >= 15 is 0 Å². The number of piperidine rings is 4. The second-order valence-electron chi connectivity index (χ2n) is 11.0. The molecule has 1 spiro atoms. The van der Waals surface area contributed by atoms with Crippen LogP contribution in [0, 0.1) is 17.8 Å². The predicted molar refractivity (Wildman–Crippen MR) is 120 cm³/mol. The van der Waals surface area contributed by atoms with Crippen LogP contribution in [0.2, 0.25) is 0 Å². The number of para-hydroxylation sites is 1. The molecule has 5 fully saturated rings. The molecule has 4 nitrogen and oxygen atoms in total. The molecule has 1 saturated carbocycles. The maximum absolute atomic E-state index is 12.1. The van der Waals surface area contributed by atoms with E-state index in [1.54, 1.807) is 0 Å². The highest BCUT2D eigenvalue weighted by molar-refractivity contribution is 5.66. The standard InChI is InChI=1S/C27H33N2O2/c1-3-17-18-13-21-24-27(19-11-7-8-12-20(19)28(24)2)14-22(23(18)25(27)30)29(21,26(17)31)15-16-9-5-4-6-10-16/h4-12,17-18,21-26,30-31H,3,13-15H2,1-2H3/q+1/t17-,18-,21+,22-,23+,24-,25-,26+,27+,29?/m0/s1. The summed E-state index contributed by atoms with van der Waals surface area (Å²) in [5, 5.41) is 24.1. The zero-order valence-corrected chi connectivity index (χ0v) is 18.4. The van der Waals surface area contributed by atoms with Gasteiger partial charge in [-0.25, -0.2) is 0 Å². The lowest BCUT2D eigenvalue weighted by atomic mass is 9.60. The summed E-state index contributed by atoms with van der Waals surface area (Å²) in [4.78, 5) is 2.47. The molecule has 5 aliphatic heterocycles. The Morgan fingerprint density at radius 2 is 1.77 bits per heavy atom. The van der Waals surface area contributed by atoms with Crippen LogP contribution < -0.4 is 4.90 Å².